The number of allylic oxidation sites excluding steroid dienone is 14. The molecule has 1 unspecified atom stereocenters. The maximum absolute atomic E-state index is 12.9. The molecule has 0 saturated heterocycles. The fraction of sp³-hybridized carbons (Fsp3) is 0.742. The van der Waals surface area contributed by atoms with Crippen molar-refractivity contribution in [2.75, 3.05) is 13.2 Å². The molecule has 0 radical (unpaired) electrons. The fourth-order valence-corrected chi connectivity index (χ4v) is 8.52. The third-order valence-corrected chi connectivity index (χ3v) is 13.1. The third-order valence-electron chi connectivity index (χ3n) is 13.1. The molecule has 0 aliphatic carbocycles. The minimum absolute atomic E-state index is 0.0865. The van der Waals surface area contributed by atoms with Crippen molar-refractivity contribution < 1.29 is 28.6 Å². The maximum atomic E-state index is 12.9. The molecule has 0 amide bonds. The summed E-state index contributed by atoms with van der Waals surface area (Å²) in [4.78, 5) is 38.3. The molecule has 1 atom stereocenters. The molecule has 0 fully saturated rings. The van der Waals surface area contributed by atoms with Gasteiger partial charge < -0.3 is 14.2 Å². The average Bonchev–Trinajstić information content (AvgIpc) is 3.38. The van der Waals surface area contributed by atoms with E-state index >= 15 is 0 Å². The Morgan fingerprint density at radius 2 is 0.542 bits per heavy atom. The lowest BCUT2D eigenvalue weighted by atomic mass is 10.1. The molecule has 6 nitrogen and oxygen atoms in total. The van der Waals surface area contributed by atoms with Crippen LogP contribution < -0.4 is 0 Å². The minimum Gasteiger partial charge on any atom is -0.462 e. The predicted octanol–water partition coefficient (Wildman–Crippen LogP) is 20.7. The molecular formula is C66H114O6. The van der Waals surface area contributed by atoms with Crippen LogP contribution in [0.1, 0.15) is 297 Å². The van der Waals surface area contributed by atoms with Gasteiger partial charge in [-0.15, -0.1) is 0 Å². The van der Waals surface area contributed by atoms with E-state index in [0.717, 1.165) is 109 Å². The number of hydrogen-bond acceptors (Lipinski definition) is 6. The number of rotatable bonds is 55. The lowest BCUT2D eigenvalue weighted by molar-refractivity contribution is -0.167. The Labute approximate surface area is 445 Å². The largest absolute Gasteiger partial charge is 0.462 e. The van der Waals surface area contributed by atoms with Crippen LogP contribution in [0.15, 0.2) is 85.1 Å². The molecule has 0 aromatic heterocycles. The lowest BCUT2D eigenvalue weighted by Crippen LogP contribution is -2.30. The topological polar surface area (TPSA) is 78.9 Å². The molecule has 0 aromatic rings. The van der Waals surface area contributed by atoms with Crippen LogP contribution in [0.2, 0.25) is 0 Å². The van der Waals surface area contributed by atoms with Crippen molar-refractivity contribution in [2.24, 2.45) is 0 Å². The zero-order chi connectivity index (χ0) is 52.2. The number of carbonyl (C=O) groups excluding carboxylic acids is 3. The first-order valence-electron chi connectivity index (χ1n) is 30.6. The summed E-state index contributed by atoms with van der Waals surface area (Å²) in [6.07, 6.45) is 78.6. The van der Waals surface area contributed by atoms with Gasteiger partial charge in [0.15, 0.2) is 6.10 Å². The first-order chi connectivity index (χ1) is 35.5. The van der Waals surface area contributed by atoms with Gasteiger partial charge in [-0.05, 0) is 116 Å². The second-order valence-electron chi connectivity index (χ2n) is 20.2. The SMILES string of the molecule is CC/C=C\C/C=C\C/C=C\C/C=C\CCCCCCCCCCC(=O)OCC(COC(=O)CCCCCCC/C=C\C/C=C\CCCCC)OC(=O)CCCCCCCCC/C=C\CCCCCCCCC. The van der Waals surface area contributed by atoms with E-state index in [2.05, 4.69) is 106 Å². The van der Waals surface area contributed by atoms with Crippen LogP contribution in [-0.2, 0) is 28.6 Å². The highest BCUT2D eigenvalue weighted by Crippen LogP contribution is 2.15. The van der Waals surface area contributed by atoms with Gasteiger partial charge in [0, 0.05) is 19.3 Å². The van der Waals surface area contributed by atoms with Crippen LogP contribution in [0.5, 0.6) is 0 Å². The second-order valence-corrected chi connectivity index (χ2v) is 20.2. The summed E-state index contributed by atoms with van der Waals surface area (Å²) < 4.78 is 16.9. The Morgan fingerprint density at radius 3 is 0.889 bits per heavy atom. The number of carbonyl (C=O) groups is 3. The highest BCUT2D eigenvalue weighted by molar-refractivity contribution is 5.71. The Kier molecular flexibility index (Phi) is 57.3. The Bertz CT molecular complexity index is 1380. The van der Waals surface area contributed by atoms with Gasteiger partial charge in [-0.2, -0.15) is 0 Å². The van der Waals surface area contributed by atoms with Crippen LogP contribution in [-0.4, -0.2) is 37.2 Å². The predicted molar refractivity (Wildman–Crippen MR) is 311 cm³/mol. The van der Waals surface area contributed by atoms with E-state index < -0.39 is 6.10 Å². The molecule has 0 heterocycles. The monoisotopic (exact) mass is 1000 g/mol. The van der Waals surface area contributed by atoms with Crippen molar-refractivity contribution >= 4 is 17.9 Å². The van der Waals surface area contributed by atoms with Gasteiger partial charge >= 0.3 is 17.9 Å². The minimum atomic E-state index is -0.789. The third kappa shape index (κ3) is 57.5. The molecule has 0 rings (SSSR count). The normalized spacial score (nSPS) is 12.7. The molecule has 6 heteroatoms. The number of hydrogen-bond donors (Lipinski definition) is 0. The van der Waals surface area contributed by atoms with Gasteiger partial charge in [0.1, 0.15) is 13.2 Å². The first kappa shape index (κ1) is 68.6. The van der Waals surface area contributed by atoms with Gasteiger partial charge in [0.05, 0.1) is 0 Å². The van der Waals surface area contributed by atoms with Crippen LogP contribution >= 0.6 is 0 Å². The van der Waals surface area contributed by atoms with Gasteiger partial charge in [-0.25, -0.2) is 0 Å². The maximum Gasteiger partial charge on any atom is 0.306 e. The van der Waals surface area contributed by atoms with Gasteiger partial charge in [-0.3, -0.25) is 14.4 Å². The van der Waals surface area contributed by atoms with Crippen molar-refractivity contribution in [3.8, 4) is 0 Å². The summed E-state index contributed by atoms with van der Waals surface area (Å²) in [6.45, 7) is 6.50. The summed E-state index contributed by atoms with van der Waals surface area (Å²) in [5.41, 5.74) is 0. The molecule has 0 aliphatic heterocycles. The molecule has 0 aromatic carbocycles. The molecule has 0 spiro atoms. The van der Waals surface area contributed by atoms with Gasteiger partial charge in [0.25, 0.3) is 0 Å². The van der Waals surface area contributed by atoms with E-state index in [1.54, 1.807) is 0 Å². The lowest BCUT2D eigenvalue weighted by Gasteiger charge is -2.18. The van der Waals surface area contributed by atoms with E-state index in [1.165, 1.54) is 148 Å². The Morgan fingerprint density at radius 1 is 0.292 bits per heavy atom. The number of ether oxygens (including phenoxy) is 3. The van der Waals surface area contributed by atoms with E-state index in [0.29, 0.717) is 19.3 Å². The van der Waals surface area contributed by atoms with E-state index in [9.17, 15) is 14.4 Å². The molecule has 0 N–H and O–H groups in total. The summed E-state index contributed by atoms with van der Waals surface area (Å²) >= 11 is 0. The van der Waals surface area contributed by atoms with Crippen molar-refractivity contribution in [3.05, 3.63) is 85.1 Å². The summed E-state index contributed by atoms with van der Waals surface area (Å²) in [7, 11) is 0. The molecule has 72 heavy (non-hydrogen) atoms. The highest BCUT2D eigenvalue weighted by Gasteiger charge is 2.19. The van der Waals surface area contributed by atoms with Crippen molar-refractivity contribution in [1.82, 2.24) is 0 Å². The van der Waals surface area contributed by atoms with Crippen LogP contribution in [0.4, 0.5) is 0 Å². The Balaban J connectivity index is 4.40. The van der Waals surface area contributed by atoms with Crippen molar-refractivity contribution in [3.63, 3.8) is 0 Å². The van der Waals surface area contributed by atoms with Gasteiger partial charge in [0.2, 0.25) is 0 Å². The number of esters is 3. The molecule has 0 saturated carbocycles. The standard InChI is InChI=1S/C66H114O6/c1-4-7-10-13-16-19-22-25-28-30-32-33-34-36-38-41-44-47-50-53-56-59-65(68)71-62-63(61-70-64(67)58-55-52-49-46-43-40-37-27-24-21-18-15-12-9-6-3)72-66(69)60-57-54-51-48-45-42-39-35-31-29-26-23-20-17-14-11-8-5-2/h7,10,16,18-19,21,25,27-29,31-33,37,63H,4-6,8-9,11-15,17,20,22-24,26,30,34-36,38-62H2,1-3H3/b10-7-,19-16-,21-18-,28-25-,31-29-,33-32-,37-27-. The summed E-state index contributed by atoms with van der Waals surface area (Å²) in [6, 6.07) is 0. The fourth-order valence-electron chi connectivity index (χ4n) is 8.52. The number of unbranched alkanes of at least 4 members (excludes halogenated alkanes) is 30. The quantitative estimate of drug-likeness (QED) is 0.0261. The van der Waals surface area contributed by atoms with E-state index in [1.807, 2.05) is 0 Å². The van der Waals surface area contributed by atoms with Gasteiger partial charge in [-0.1, -0.05) is 247 Å². The smallest absolute Gasteiger partial charge is 0.306 e. The van der Waals surface area contributed by atoms with E-state index in [-0.39, 0.29) is 31.1 Å². The van der Waals surface area contributed by atoms with Crippen LogP contribution in [0, 0.1) is 0 Å². The first-order valence-corrected chi connectivity index (χ1v) is 30.6. The molecule has 0 bridgehead atoms. The van der Waals surface area contributed by atoms with Crippen LogP contribution in [0.3, 0.4) is 0 Å². The Hall–Kier alpha value is -3.41. The second kappa shape index (κ2) is 60.1. The molecular weight excluding hydrogens is 889 g/mol. The highest BCUT2D eigenvalue weighted by atomic mass is 16.6. The average molecular weight is 1000 g/mol. The zero-order valence-electron chi connectivity index (χ0n) is 47.4. The summed E-state index contributed by atoms with van der Waals surface area (Å²) in [5.74, 6) is -0.903. The zero-order valence-corrected chi connectivity index (χ0v) is 47.4. The van der Waals surface area contributed by atoms with Crippen LogP contribution in [0.25, 0.3) is 0 Å². The van der Waals surface area contributed by atoms with Crippen molar-refractivity contribution in [1.29, 1.82) is 0 Å². The summed E-state index contributed by atoms with van der Waals surface area (Å²) in [5, 5.41) is 0. The molecule has 414 valence electrons. The van der Waals surface area contributed by atoms with E-state index in [4.69, 9.17) is 14.2 Å². The van der Waals surface area contributed by atoms with Crippen molar-refractivity contribution in [2.45, 2.75) is 303 Å². The molecule has 0 aliphatic rings.